The average molecular weight is 382 g/mol. The molecule has 0 spiro atoms. The zero-order valence-electron chi connectivity index (χ0n) is 16.2. The lowest BCUT2D eigenvalue weighted by molar-refractivity contribution is 0.102. The molecule has 0 radical (unpaired) electrons. The molecule has 1 atom stereocenters. The monoisotopic (exact) mass is 382 g/mol. The number of nitrogens with zero attached hydrogens (tertiary/aromatic N) is 1. The molecule has 3 rings (SSSR count). The first-order chi connectivity index (χ1) is 13.5. The number of ether oxygens (including phenoxy) is 1. The van der Waals surface area contributed by atoms with Gasteiger partial charge in [-0.3, -0.25) is 4.79 Å². The highest BCUT2D eigenvalue weighted by Gasteiger charge is 2.16. The van der Waals surface area contributed by atoms with Gasteiger partial charge in [-0.05, 0) is 61.4 Å². The number of urea groups is 1. The van der Waals surface area contributed by atoms with Crippen molar-refractivity contribution >= 4 is 29.0 Å². The van der Waals surface area contributed by atoms with E-state index in [0.29, 0.717) is 23.5 Å². The molecule has 3 N–H and O–H groups in total. The molecule has 3 amide bonds. The van der Waals surface area contributed by atoms with Gasteiger partial charge in [0.1, 0.15) is 0 Å². The van der Waals surface area contributed by atoms with E-state index in [4.69, 9.17) is 4.74 Å². The molecule has 1 aliphatic rings. The van der Waals surface area contributed by atoms with E-state index in [-0.39, 0.29) is 18.0 Å². The van der Waals surface area contributed by atoms with Gasteiger partial charge in [0.15, 0.2) is 0 Å². The molecule has 0 aliphatic carbocycles. The number of nitrogens with one attached hydrogen (secondary N) is 3. The highest BCUT2D eigenvalue weighted by atomic mass is 16.5. The third-order valence-corrected chi connectivity index (χ3v) is 4.56. The Labute approximate surface area is 165 Å². The number of rotatable bonds is 6. The van der Waals surface area contributed by atoms with Gasteiger partial charge < -0.3 is 25.6 Å². The third-order valence-electron chi connectivity index (χ3n) is 4.56. The summed E-state index contributed by atoms with van der Waals surface area (Å²) in [7, 11) is 3.90. The molecule has 1 aliphatic heterocycles. The average Bonchev–Trinajstić information content (AvgIpc) is 3.21. The predicted octanol–water partition coefficient (Wildman–Crippen LogP) is 3.31. The lowest BCUT2D eigenvalue weighted by Gasteiger charge is -2.13. The van der Waals surface area contributed by atoms with Crippen LogP contribution >= 0.6 is 0 Å². The van der Waals surface area contributed by atoms with Gasteiger partial charge in [0.05, 0.1) is 6.10 Å². The Morgan fingerprint density at radius 3 is 2.21 bits per heavy atom. The lowest BCUT2D eigenvalue weighted by Crippen LogP contribution is -2.35. The molecule has 1 heterocycles. The van der Waals surface area contributed by atoms with E-state index >= 15 is 0 Å². The highest BCUT2D eigenvalue weighted by molar-refractivity contribution is 6.04. The van der Waals surface area contributed by atoms with E-state index in [1.165, 1.54) is 0 Å². The zero-order chi connectivity index (χ0) is 19.9. The van der Waals surface area contributed by atoms with E-state index in [1.54, 1.807) is 36.4 Å². The molecular formula is C21H26N4O3. The number of benzene rings is 2. The number of carbonyl (C=O) groups excluding carboxylic acids is 2. The molecule has 28 heavy (non-hydrogen) atoms. The van der Waals surface area contributed by atoms with Crippen LogP contribution in [0.5, 0.6) is 0 Å². The van der Waals surface area contributed by atoms with Crippen molar-refractivity contribution in [2.75, 3.05) is 42.8 Å². The second-order valence-electron chi connectivity index (χ2n) is 6.94. The van der Waals surface area contributed by atoms with Crippen LogP contribution in [0.4, 0.5) is 21.9 Å². The first kappa shape index (κ1) is 19.7. The fourth-order valence-corrected chi connectivity index (χ4v) is 2.94. The molecule has 1 unspecified atom stereocenters. The van der Waals surface area contributed by atoms with Crippen molar-refractivity contribution in [3.05, 3.63) is 54.1 Å². The predicted molar refractivity (Wildman–Crippen MR) is 111 cm³/mol. The number of hydrogen-bond donors (Lipinski definition) is 3. The van der Waals surface area contributed by atoms with Gasteiger partial charge in [-0.25, -0.2) is 4.79 Å². The number of hydrogen-bond acceptors (Lipinski definition) is 4. The summed E-state index contributed by atoms with van der Waals surface area (Å²) >= 11 is 0. The smallest absolute Gasteiger partial charge is 0.319 e. The Kier molecular flexibility index (Phi) is 6.49. The minimum Gasteiger partial charge on any atom is -0.378 e. The van der Waals surface area contributed by atoms with Crippen LogP contribution in [0.3, 0.4) is 0 Å². The van der Waals surface area contributed by atoms with Gasteiger partial charge in [0.25, 0.3) is 5.91 Å². The molecule has 7 nitrogen and oxygen atoms in total. The maximum absolute atomic E-state index is 12.4. The molecule has 1 fully saturated rings. The van der Waals surface area contributed by atoms with Crippen molar-refractivity contribution < 1.29 is 14.3 Å². The van der Waals surface area contributed by atoms with Crippen LogP contribution in [0.15, 0.2) is 48.5 Å². The Morgan fingerprint density at radius 1 is 1.00 bits per heavy atom. The SMILES string of the molecule is CN(C)c1ccc(C(=O)Nc2ccc(NC(=O)NCC3CCCO3)cc2)cc1. The third kappa shape index (κ3) is 5.47. The van der Waals surface area contributed by atoms with E-state index < -0.39 is 0 Å². The van der Waals surface area contributed by atoms with Crippen LogP contribution < -0.4 is 20.9 Å². The van der Waals surface area contributed by atoms with Gasteiger partial charge in [0.2, 0.25) is 0 Å². The van der Waals surface area contributed by atoms with Gasteiger partial charge in [0, 0.05) is 49.9 Å². The van der Waals surface area contributed by atoms with Crippen LogP contribution in [0, 0.1) is 0 Å². The molecule has 1 saturated heterocycles. The van der Waals surface area contributed by atoms with Crippen LogP contribution in [0.1, 0.15) is 23.2 Å². The van der Waals surface area contributed by atoms with E-state index in [9.17, 15) is 9.59 Å². The summed E-state index contributed by atoms with van der Waals surface area (Å²) in [5, 5.41) is 8.43. The minimum atomic E-state index is -0.270. The molecule has 2 aromatic carbocycles. The molecule has 0 saturated carbocycles. The van der Waals surface area contributed by atoms with E-state index in [1.807, 2.05) is 31.1 Å². The molecule has 0 aromatic heterocycles. The minimum absolute atomic E-state index is 0.107. The van der Waals surface area contributed by atoms with Crippen LogP contribution in [-0.4, -0.2) is 45.3 Å². The Hall–Kier alpha value is -3.06. The lowest BCUT2D eigenvalue weighted by atomic mass is 10.2. The van der Waals surface area contributed by atoms with Crippen molar-refractivity contribution in [1.82, 2.24) is 5.32 Å². The van der Waals surface area contributed by atoms with Crippen molar-refractivity contribution in [2.45, 2.75) is 18.9 Å². The summed E-state index contributed by atoms with van der Waals surface area (Å²) in [6, 6.07) is 14.1. The summed E-state index contributed by atoms with van der Waals surface area (Å²) in [6.45, 7) is 1.27. The van der Waals surface area contributed by atoms with Crippen molar-refractivity contribution in [2.24, 2.45) is 0 Å². The van der Waals surface area contributed by atoms with Crippen molar-refractivity contribution in [1.29, 1.82) is 0 Å². The molecule has 2 aromatic rings. The van der Waals surface area contributed by atoms with Gasteiger partial charge >= 0.3 is 6.03 Å². The molecule has 7 heteroatoms. The number of amides is 3. The largest absolute Gasteiger partial charge is 0.378 e. The molecule has 0 bridgehead atoms. The highest BCUT2D eigenvalue weighted by Crippen LogP contribution is 2.17. The summed E-state index contributed by atoms with van der Waals surface area (Å²) < 4.78 is 5.48. The van der Waals surface area contributed by atoms with E-state index in [0.717, 1.165) is 25.1 Å². The molecule has 148 valence electrons. The first-order valence-electron chi connectivity index (χ1n) is 9.36. The Bertz CT molecular complexity index is 797. The Balaban J connectivity index is 1.49. The van der Waals surface area contributed by atoms with Crippen LogP contribution in [0.25, 0.3) is 0 Å². The fourth-order valence-electron chi connectivity index (χ4n) is 2.94. The second-order valence-corrected chi connectivity index (χ2v) is 6.94. The normalized spacial score (nSPS) is 15.7. The number of anilines is 3. The standard InChI is InChI=1S/C21H26N4O3/c1-25(2)18-11-5-15(6-12-18)20(26)23-16-7-9-17(10-8-16)24-21(27)22-14-19-4-3-13-28-19/h5-12,19H,3-4,13-14H2,1-2H3,(H,23,26)(H2,22,24,27). The van der Waals surface area contributed by atoms with Crippen LogP contribution in [0.2, 0.25) is 0 Å². The maximum Gasteiger partial charge on any atom is 0.319 e. The molecular weight excluding hydrogens is 356 g/mol. The summed E-state index contributed by atoms with van der Waals surface area (Å²) in [6.07, 6.45) is 2.13. The zero-order valence-corrected chi connectivity index (χ0v) is 16.2. The summed E-state index contributed by atoms with van der Waals surface area (Å²) in [4.78, 5) is 26.3. The topological polar surface area (TPSA) is 82.7 Å². The van der Waals surface area contributed by atoms with Crippen molar-refractivity contribution in [3.8, 4) is 0 Å². The van der Waals surface area contributed by atoms with Gasteiger partial charge in [-0.1, -0.05) is 0 Å². The van der Waals surface area contributed by atoms with E-state index in [2.05, 4.69) is 16.0 Å². The first-order valence-corrected chi connectivity index (χ1v) is 9.36. The van der Waals surface area contributed by atoms with Gasteiger partial charge in [-0.2, -0.15) is 0 Å². The quantitative estimate of drug-likeness (QED) is 0.716. The van der Waals surface area contributed by atoms with Crippen molar-refractivity contribution in [3.63, 3.8) is 0 Å². The Morgan fingerprint density at radius 2 is 1.64 bits per heavy atom. The van der Waals surface area contributed by atoms with Crippen LogP contribution in [-0.2, 0) is 4.74 Å². The number of carbonyl (C=O) groups is 2. The summed E-state index contributed by atoms with van der Waals surface area (Å²) in [5.74, 6) is -0.180. The second kappa shape index (κ2) is 9.23. The van der Waals surface area contributed by atoms with Gasteiger partial charge in [-0.15, -0.1) is 0 Å². The maximum atomic E-state index is 12.4. The summed E-state index contributed by atoms with van der Waals surface area (Å²) in [5.41, 5.74) is 2.93. The fraction of sp³-hybridized carbons (Fsp3) is 0.333.